The first kappa shape index (κ1) is 14.9. The van der Waals surface area contributed by atoms with E-state index in [4.69, 9.17) is 14.6 Å². The minimum atomic E-state index is -0.816. The second kappa shape index (κ2) is 8.05. The summed E-state index contributed by atoms with van der Waals surface area (Å²) in [6.45, 7) is 2.32. The van der Waals surface area contributed by atoms with Crippen LogP contribution in [-0.4, -0.2) is 61.9 Å². The third-order valence-electron chi connectivity index (χ3n) is 3.02. The topological polar surface area (TPSA) is 76.1 Å². The van der Waals surface area contributed by atoms with Crippen molar-refractivity contribution < 1.29 is 24.2 Å². The third kappa shape index (κ3) is 5.01. The number of amides is 1. The Hall–Kier alpha value is -1.14. The highest BCUT2D eigenvalue weighted by molar-refractivity contribution is 5.78. The van der Waals surface area contributed by atoms with Gasteiger partial charge >= 0.3 is 5.97 Å². The number of methoxy groups -OCH3 is 1. The summed E-state index contributed by atoms with van der Waals surface area (Å²) in [6.07, 6.45) is 1.72. The molecule has 1 fully saturated rings. The van der Waals surface area contributed by atoms with E-state index in [0.717, 1.165) is 6.42 Å². The van der Waals surface area contributed by atoms with Crippen molar-refractivity contribution in [2.24, 2.45) is 5.92 Å². The van der Waals surface area contributed by atoms with Gasteiger partial charge in [0.1, 0.15) is 0 Å². The number of hydrogen-bond acceptors (Lipinski definition) is 4. The molecule has 1 N–H and O–H groups in total. The van der Waals surface area contributed by atoms with Crippen molar-refractivity contribution in [1.29, 1.82) is 0 Å². The molecule has 0 radical (unpaired) electrons. The Balaban J connectivity index is 2.22. The van der Waals surface area contributed by atoms with Crippen molar-refractivity contribution in [3.8, 4) is 0 Å². The van der Waals surface area contributed by atoms with Crippen LogP contribution in [0, 0.1) is 5.92 Å². The van der Waals surface area contributed by atoms with E-state index >= 15 is 0 Å². The van der Waals surface area contributed by atoms with E-state index in [9.17, 15) is 9.59 Å². The summed E-state index contributed by atoms with van der Waals surface area (Å²) >= 11 is 0. The van der Waals surface area contributed by atoms with Crippen LogP contribution in [0.4, 0.5) is 0 Å². The highest BCUT2D eigenvalue weighted by Gasteiger charge is 2.27. The summed E-state index contributed by atoms with van der Waals surface area (Å²) in [7, 11) is 1.59. The molecule has 6 heteroatoms. The van der Waals surface area contributed by atoms with Gasteiger partial charge in [0.2, 0.25) is 5.91 Å². The van der Waals surface area contributed by atoms with Crippen molar-refractivity contribution in [2.45, 2.75) is 19.3 Å². The summed E-state index contributed by atoms with van der Waals surface area (Å²) in [5, 5.41) is 8.93. The van der Waals surface area contributed by atoms with E-state index < -0.39 is 11.9 Å². The average molecular weight is 259 g/mol. The van der Waals surface area contributed by atoms with Crippen LogP contribution in [0.1, 0.15) is 19.3 Å². The monoisotopic (exact) mass is 259 g/mol. The molecule has 0 aromatic heterocycles. The van der Waals surface area contributed by atoms with Crippen molar-refractivity contribution >= 4 is 11.9 Å². The van der Waals surface area contributed by atoms with Crippen molar-refractivity contribution in [3.63, 3.8) is 0 Å². The minimum absolute atomic E-state index is 0.0293. The smallest absolute Gasteiger partial charge is 0.308 e. The van der Waals surface area contributed by atoms with Gasteiger partial charge < -0.3 is 19.5 Å². The molecule has 0 saturated carbocycles. The fourth-order valence-electron chi connectivity index (χ4n) is 1.97. The molecular formula is C12H21NO5. The maximum atomic E-state index is 11.8. The number of carbonyl (C=O) groups excluding carboxylic acids is 1. The lowest BCUT2D eigenvalue weighted by Gasteiger charge is -2.30. The molecule has 1 unspecified atom stereocenters. The zero-order valence-electron chi connectivity index (χ0n) is 10.8. The third-order valence-corrected chi connectivity index (χ3v) is 3.02. The number of ether oxygens (including phenoxy) is 2. The maximum absolute atomic E-state index is 11.8. The SMILES string of the molecule is COCCOCCC(=O)N1CCCC(C(=O)O)C1. The highest BCUT2D eigenvalue weighted by Crippen LogP contribution is 2.17. The average Bonchev–Trinajstić information content (AvgIpc) is 2.38. The lowest BCUT2D eigenvalue weighted by molar-refractivity contribution is -0.145. The number of likely N-dealkylation sites (tertiary alicyclic amines) is 1. The van der Waals surface area contributed by atoms with Gasteiger partial charge in [-0.15, -0.1) is 0 Å². The number of piperidine rings is 1. The molecule has 1 amide bonds. The van der Waals surface area contributed by atoms with Gasteiger partial charge in [-0.25, -0.2) is 0 Å². The molecule has 1 aliphatic heterocycles. The second-order valence-electron chi connectivity index (χ2n) is 4.37. The molecule has 1 heterocycles. The van der Waals surface area contributed by atoms with E-state index in [2.05, 4.69) is 0 Å². The van der Waals surface area contributed by atoms with Crippen LogP contribution in [0.2, 0.25) is 0 Å². The normalized spacial score (nSPS) is 19.8. The van der Waals surface area contributed by atoms with Gasteiger partial charge in [0.15, 0.2) is 0 Å². The highest BCUT2D eigenvalue weighted by atomic mass is 16.5. The first-order valence-corrected chi connectivity index (χ1v) is 6.22. The van der Waals surface area contributed by atoms with Crippen LogP contribution in [0.15, 0.2) is 0 Å². The fourth-order valence-corrected chi connectivity index (χ4v) is 1.97. The first-order valence-electron chi connectivity index (χ1n) is 6.22. The number of hydrogen-bond donors (Lipinski definition) is 1. The maximum Gasteiger partial charge on any atom is 0.308 e. The van der Waals surface area contributed by atoms with Gasteiger partial charge in [0.05, 0.1) is 32.2 Å². The summed E-state index contributed by atoms with van der Waals surface area (Å²) in [5.41, 5.74) is 0. The number of rotatable bonds is 7. The molecule has 0 aromatic rings. The zero-order chi connectivity index (χ0) is 13.4. The van der Waals surface area contributed by atoms with E-state index in [1.807, 2.05) is 0 Å². The molecule has 1 saturated heterocycles. The lowest BCUT2D eigenvalue weighted by atomic mass is 9.98. The Kier molecular flexibility index (Phi) is 6.67. The standard InChI is InChI=1S/C12H21NO5/c1-17-7-8-18-6-4-11(14)13-5-2-3-10(9-13)12(15)16/h10H,2-9H2,1H3,(H,15,16). The Morgan fingerprint density at radius 3 is 2.78 bits per heavy atom. The summed E-state index contributed by atoms with van der Waals surface area (Å²) < 4.78 is 10.0. The Bertz CT molecular complexity index is 282. The van der Waals surface area contributed by atoms with Gasteiger partial charge in [-0.3, -0.25) is 9.59 Å². The fraction of sp³-hybridized carbons (Fsp3) is 0.833. The number of carboxylic acids is 1. The van der Waals surface area contributed by atoms with Crippen molar-refractivity contribution in [2.75, 3.05) is 40.0 Å². The molecule has 6 nitrogen and oxygen atoms in total. The Morgan fingerprint density at radius 2 is 2.11 bits per heavy atom. The minimum Gasteiger partial charge on any atom is -0.481 e. The van der Waals surface area contributed by atoms with Gasteiger partial charge in [0, 0.05) is 20.2 Å². The van der Waals surface area contributed by atoms with Crippen molar-refractivity contribution in [3.05, 3.63) is 0 Å². The summed E-state index contributed by atoms with van der Waals surface area (Å²) in [4.78, 5) is 24.3. The second-order valence-corrected chi connectivity index (χ2v) is 4.37. The molecule has 1 atom stereocenters. The van der Waals surface area contributed by atoms with Gasteiger partial charge in [-0.2, -0.15) is 0 Å². The molecule has 0 aromatic carbocycles. The molecule has 0 bridgehead atoms. The van der Waals surface area contributed by atoms with E-state index in [1.165, 1.54) is 0 Å². The molecule has 1 aliphatic rings. The summed E-state index contributed by atoms with van der Waals surface area (Å²) in [5.74, 6) is -1.26. The predicted molar refractivity (Wildman–Crippen MR) is 64.3 cm³/mol. The van der Waals surface area contributed by atoms with Crippen LogP contribution >= 0.6 is 0 Å². The van der Waals surface area contributed by atoms with E-state index in [1.54, 1.807) is 12.0 Å². The van der Waals surface area contributed by atoms with Crippen LogP contribution < -0.4 is 0 Å². The lowest BCUT2D eigenvalue weighted by Crippen LogP contribution is -2.42. The molecule has 104 valence electrons. The summed E-state index contributed by atoms with van der Waals surface area (Å²) in [6, 6.07) is 0. The van der Waals surface area contributed by atoms with Gasteiger partial charge in [-0.05, 0) is 12.8 Å². The van der Waals surface area contributed by atoms with Crippen molar-refractivity contribution in [1.82, 2.24) is 4.90 Å². The van der Waals surface area contributed by atoms with E-state index in [-0.39, 0.29) is 5.91 Å². The van der Waals surface area contributed by atoms with Crippen LogP contribution in [0.25, 0.3) is 0 Å². The van der Waals surface area contributed by atoms with Gasteiger partial charge in [-0.1, -0.05) is 0 Å². The molecule has 0 spiro atoms. The van der Waals surface area contributed by atoms with Gasteiger partial charge in [0.25, 0.3) is 0 Å². The first-order chi connectivity index (χ1) is 8.65. The van der Waals surface area contributed by atoms with Crippen LogP contribution in [-0.2, 0) is 19.1 Å². The zero-order valence-corrected chi connectivity index (χ0v) is 10.8. The number of aliphatic carboxylic acids is 1. The largest absolute Gasteiger partial charge is 0.481 e. The van der Waals surface area contributed by atoms with Crippen LogP contribution in [0.5, 0.6) is 0 Å². The Morgan fingerprint density at radius 1 is 1.33 bits per heavy atom. The number of nitrogens with zero attached hydrogens (tertiary/aromatic N) is 1. The van der Waals surface area contributed by atoms with Crippen LogP contribution in [0.3, 0.4) is 0 Å². The van der Waals surface area contributed by atoms with E-state index in [0.29, 0.717) is 45.8 Å². The number of carboxylic acid groups (broad SMARTS) is 1. The molecule has 0 aliphatic carbocycles. The number of carbonyl (C=O) groups is 2. The molecular weight excluding hydrogens is 238 g/mol. The predicted octanol–water partition coefficient (Wildman–Crippen LogP) is 0.363. The Labute approximate surface area is 107 Å². The quantitative estimate of drug-likeness (QED) is 0.668. The molecule has 18 heavy (non-hydrogen) atoms. The molecule has 1 rings (SSSR count).